The molecule has 0 atom stereocenters. The number of hydrogen-bond acceptors (Lipinski definition) is 4. The van der Waals surface area contributed by atoms with Gasteiger partial charge in [-0.25, -0.2) is 18.2 Å². The number of nitrogens with zero attached hydrogens (tertiary/aromatic N) is 2. The summed E-state index contributed by atoms with van der Waals surface area (Å²) in [6.45, 7) is 0.509. The molecule has 0 amide bonds. The van der Waals surface area contributed by atoms with Crippen molar-refractivity contribution < 1.29 is 18.3 Å². The summed E-state index contributed by atoms with van der Waals surface area (Å²) in [7, 11) is -3.37. The molecule has 0 bridgehead atoms. The largest absolute Gasteiger partial charge is 0.476 e. The van der Waals surface area contributed by atoms with Gasteiger partial charge in [0, 0.05) is 12.7 Å². The topological polar surface area (TPSA) is 89.3 Å². The molecule has 76 valence electrons. The summed E-state index contributed by atoms with van der Waals surface area (Å²) < 4.78 is 24.2. The van der Waals surface area contributed by atoms with Crippen molar-refractivity contribution in [2.24, 2.45) is 0 Å². The zero-order valence-electron chi connectivity index (χ0n) is 7.17. The van der Waals surface area contributed by atoms with Crippen molar-refractivity contribution in [2.75, 3.05) is 5.75 Å². The van der Waals surface area contributed by atoms with Crippen LogP contribution in [0.1, 0.15) is 16.9 Å². The number of aromatic nitrogens is 2. The second kappa shape index (κ2) is 2.81. The first kappa shape index (κ1) is 9.20. The van der Waals surface area contributed by atoms with Gasteiger partial charge in [-0.3, -0.25) is 0 Å². The molecule has 0 fully saturated rings. The van der Waals surface area contributed by atoms with Gasteiger partial charge in [0.25, 0.3) is 0 Å². The number of hydrogen-bond donors (Lipinski definition) is 1. The molecule has 0 saturated carbocycles. The van der Waals surface area contributed by atoms with Crippen LogP contribution in [0.5, 0.6) is 0 Å². The summed E-state index contributed by atoms with van der Waals surface area (Å²) in [6.07, 6.45) is 1.76. The summed E-state index contributed by atoms with van der Waals surface area (Å²) in [4.78, 5) is 14.1. The summed E-state index contributed by atoms with van der Waals surface area (Å²) in [5.74, 6) is -1.16. The van der Waals surface area contributed by atoms with E-state index in [-0.39, 0.29) is 16.6 Å². The van der Waals surface area contributed by atoms with Gasteiger partial charge in [-0.1, -0.05) is 0 Å². The van der Waals surface area contributed by atoms with Crippen molar-refractivity contribution in [3.8, 4) is 0 Å². The summed E-state index contributed by atoms with van der Waals surface area (Å²) in [5, 5.41) is 8.51. The van der Waals surface area contributed by atoms with E-state index in [1.165, 1.54) is 10.8 Å². The number of fused-ring (bicyclic) bond motifs is 1. The van der Waals surface area contributed by atoms with Crippen LogP contribution in [0.15, 0.2) is 11.4 Å². The Hall–Kier alpha value is -1.37. The molecular formula is C7H8N2O4S. The van der Waals surface area contributed by atoms with E-state index in [0.29, 0.717) is 13.0 Å². The molecule has 1 aliphatic rings. The van der Waals surface area contributed by atoms with Crippen LogP contribution in [0.4, 0.5) is 0 Å². The predicted octanol–water partition coefficient (Wildman–Crippen LogP) is -0.241. The average Bonchev–Trinajstić information content (AvgIpc) is 2.48. The van der Waals surface area contributed by atoms with Crippen molar-refractivity contribution in [1.29, 1.82) is 0 Å². The fourth-order valence-corrected chi connectivity index (χ4v) is 2.86. The van der Waals surface area contributed by atoms with Gasteiger partial charge in [-0.2, -0.15) is 0 Å². The van der Waals surface area contributed by atoms with Crippen LogP contribution in [0.2, 0.25) is 0 Å². The predicted molar refractivity (Wildman–Crippen MR) is 45.9 cm³/mol. The molecule has 2 heterocycles. The maximum absolute atomic E-state index is 11.4. The average molecular weight is 216 g/mol. The smallest absolute Gasteiger partial charge is 0.356 e. The van der Waals surface area contributed by atoms with Gasteiger partial charge in [0.15, 0.2) is 5.69 Å². The lowest BCUT2D eigenvalue weighted by atomic mass is 10.4. The van der Waals surface area contributed by atoms with E-state index in [9.17, 15) is 13.2 Å². The van der Waals surface area contributed by atoms with Crippen LogP contribution in [-0.2, 0) is 16.4 Å². The second-order valence-electron chi connectivity index (χ2n) is 3.08. The first-order valence-corrected chi connectivity index (χ1v) is 5.69. The monoisotopic (exact) mass is 216 g/mol. The number of aromatic carboxylic acids is 1. The van der Waals surface area contributed by atoms with E-state index >= 15 is 0 Å². The zero-order valence-corrected chi connectivity index (χ0v) is 7.99. The van der Waals surface area contributed by atoms with Crippen molar-refractivity contribution in [2.45, 2.75) is 18.1 Å². The molecule has 0 unspecified atom stereocenters. The number of imidazole rings is 1. The fourth-order valence-electron chi connectivity index (χ4n) is 1.43. The van der Waals surface area contributed by atoms with Crippen LogP contribution in [-0.4, -0.2) is 34.8 Å². The molecule has 0 aromatic carbocycles. The lowest BCUT2D eigenvalue weighted by molar-refractivity contribution is 0.0690. The van der Waals surface area contributed by atoms with Gasteiger partial charge in [0.1, 0.15) is 0 Å². The summed E-state index contributed by atoms with van der Waals surface area (Å²) >= 11 is 0. The molecule has 14 heavy (non-hydrogen) atoms. The second-order valence-corrected chi connectivity index (χ2v) is 5.08. The normalized spacial score (nSPS) is 18.9. The van der Waals surface area contributed by atoms with Gasteiger partial charge in [-0.05, 0) is 6.42 Å². The Labute approximate surface area is 80.1 Å². The van der Waals surface area contributed by atoms with Crippen molar-refractivity contribution in [3.63, 3.8) is 0 Å². The van der Waals surface area contributed by atoms with E-state index < -0.39 is 15.8 Å². The minimum atomic E-state index is -3.37. The Balaban J connectivity index is 2.60. The molecule has 1 aliphatic heterocycles. The lowest BCUT2D eigenvalue weighted by Crippen LogP contribution is -2.20. The first-order chi connectivity index (χ1) is 6.50. The van der Waals surface area contributed by atoms with Crippen molar-refractivity contribution in [1.82, 2.24) is 9.55 Å². The van der Waals surface area contributed by atoms with Crippen LogP contribution >= 0.6 is 0 Å². The Kier molecular flexibility index (Phi) is 1.84. The molecule has 0 radical (unpaired) electrons. The highest BCUT2D eigenvalue weighted by Gasteiger charge is 2.27. The van der Waals surface area contributed by atoms with Crippen LogP contribution in [0.25, 0.3) is 0 Å². The van der Waals surface area contributed by atoms with Crippen LogP contribution in [0, 0.1) is 0 Å². The van der Waals surface area contributed by atoms with Gasteiger partial charge in [0.2, 0.25) is 15.0 Å². The van der Waals surface area contributed by atoms with E-state index in [0.717, 1.165) is 0 Å². The van der Waals surface area contributed by atoms with E-state index in [2.05, 4.69) is 4.98 Å². The first-order valence-electron chi connectivity index (χ1n) is 4.04. The maximum Gasteiger partial charge on any atom is 0.356 e. The van der Waals surface area contributed by atoms with E-state index in [1.807, 2.05) is 0 Å². The zero-order chi connectivity index (χ0) is 10.3. The Morgan fingerprint density at radius 2 is 2.29 bits per heavy atom. The highest BCUT2D eigenvalue weighted by atomic mass is 32.2. The molecule has 1 aromatic rings. The van der Waals surface area contributed by atoms with Gasteiger partial charge in [-0.15, -0.1) is 0 Å². The molecule has 6 nitrogen and oxygen atoms in total. The third kappa shape index (κ3) is 1.29. The van der Waals surface area contributed by atoms with E-state index in [4.69, 9.17) is 5.11 Å². The molecular weight excluding hydrogens is 208 g/mol. The molecule has 0 aliphatic carbocycles. The summed E-state index contributed by atoms with van der Waals surface area (Å²) in [5.41, 5.74) is -0.217. The lowest BCUT2D eigenvalue weighted by Gasteiger charge is -2.12. The third-order valence-electron chi connectivity index (χ3n) is 2.05. The van der Waals surface area contributed by atoms with Crippen molar-refractivity contribution in [3.05, 3.63) is 11.9 Å². The van der Waals surface area contributed by atoms with Crippen LogP contribution in [0.3, 0.4) is 0 Å². The molecule has 0 saturated heterocycles. The molecule has 0 spiro atoms. The fraction of sp³-hybridized carbons (Fsp3) is 0.429. The van der Waals surface area contributed by atoms with Gasteiger partial charge < -0.3 is 9.67 Å². The number of carboxylic acid groups (broad SMARTS) is 1. The van der Waals surface area contributed by atoms with Gasteiger partial charge in [0.05, 0.1) is 5.75 Å². The van der Waals surface area contributed by atoms with Gasteiger partial charge >= 0.3 is 5.97 Å². The molecule has 1 N–H and O–H groups in total. The minimum Gasteiger partial charge on any atom is -0.476 e. The van der Waals surface area contributed by atoms with E-state index in [1.54, 1.807) is 0 Å². The number of carbonyl (C=O) groups is 1. The third-order valence-corrected chi connectivity index (χ3v) is 3.76. The number of aryl methyl sites for hydroxylation is 1. The SMILES string of the molecule is O=C(O)c1cn2c(n1)S(=O)(=O)CCC2. The van der Waals surface area contributed by atoms with Crippen LogP contribution < -0.4 is 0 Å². The highest BCUT2D eigenvalue weighted by Crippen LogP contribution is 2.18. The maximum atomic E-state index is 11.4. The Morgan fingerprint density at radius 3 is 2.86 bits per heavy atom. The molecule has 2 rings (SSSR count). The Bertz CT molecular complexity index is 488. The summed E-state index contributed by atoms with van der Waals surface area (Å²) in [6, 6.07) is 0. The number of sulfone groups is 1. The molecule has 1 aromatic heterocycles. The highest BCUT2D eigenvalue weighted by molar-refractivity contribution is 7.91. The quantitative estimate of drug-likeness (QED) is 0.699. The number of carboxylic acids is 1. The standard InChI is InChI=1S/C7H8N2O4S/c10-6(11)5-4-9-2-1-3-14(12,13)7(9)8-5/h4H,1-3H2,(H,10,11). The molecule has 7 heteroatoms. The Morgan fingerprint density at radius 1 is 1.57 bits per heavy atom. The van der Waals surface area contributed by atoms with Crippen molar-refractivity contribution >= 4 is 15.8 Å². The number of rotatable bonds is 1. The minimum absolute atomic E-state index is 0.0447.